The number of piperidine rings is 1. The van der Waals surface area contributed by atoms with E-state index in [1.54, 1.807) is 0 Å². The summed E-state index contributed by atoms with van der Waals surface area (Å²) in [5.41, 5.74) is 2.70. The van der Waals surface area contributed by atoms with Gasteiger partial charge in [-0.25, -0.2) is 4.98 Å². The number of aromatic nitrogens is 2. The Morgan fingerprint density at radius 2 is 1.58 bits per heavy atom. The van der Waals surface area contributed by atoms with Crippen molar-refractivity contribution in [3.63, 3.8) is 0 Å². The molecule has 172 valence electrons. The first-order chi connectivity index (χ1) is 16.3. The Morgan fingerprint density at radius 1 is 0.939 bits per heavy atom. The van der Waals surface area contributed by atoms with Crippen LogP contribution < -0.4 is 10.6 Å². The van der Waals surface area contributed by atoms with Gasteiger partial charge in [0.05, 0.1) is 6.54 Å². The van der Waals surface area contributed by atoms with Gasteiger partial charge in [-0.05, 0) is 36.8 Å². The van der Waals surface area contributed by atoms with Gasteiger partial charge >= 0.3 is 0 Å². The van der Waals surface area contributed by atoms with Crippen molar-refractivity contribution in [2.45, 2.75) is 63.4 Å². The number of nitrogens with one attached hydrogen (secondary N) is 2. The molecule has 2 saturated heterocycles. The molecule has 6 heteroatoms. The molecule has 33 heavy (non-hydrogen) atoms. The van der Waals surface area contributed by atoms with Gasteiger partial charge in [-0.2, -0.15) is 0 Å². The van der Waals surface area contributed by atoms with Crippen LogP contribution in [0.2, 0.25) is 0 Å². The highest BCUT2D eigenvalue weighted by Crippen LogP contribution is 2.36. The van der Waals surface area contributed by atoms with Gasteiger partial charge < -0.3 is 15.2 Å². The number of aliphatic imine (C=N–C) groups is 1. The molecule has 2 aliphatic heterocycles. The van der Waals surface area contributed by atoms with Crippen LogP contribution in [0.25, 0.3) is 0 Å². The number of imidazole rings is 1. The fraction of sp³-hybridized carbons (Fsp3) is 0.407. The highest BCUT2D eigenvalue weighted by molar-refractivity contribution is 5.79. The van der Waals surface area contributed by atoms with Crippen molar-refractivity contribution in [1.82, 2.24) is 25.1 Å². The van der Waals surface area contributed by atoms with Gasteiger partial charge in [-0.15, -0.1) is 0 Å². The van der Waals surface area contributed by atoms with Crippen molar-refractivity contribution in [1.29, 1.82) is 0 Å². The lowest BCUT2D eigenvalue weighted by Crippen LogP contribution is -2.52. The molecule has 3 heterocycles. The maximum Gasteiger partial charge on any atom is 0.191 e. The summed E-state index contributed by atoms with van der Waals surface area (Å²) in [5.74, 6) is 1.88. The normalized spacial score (nSPS) is 22.9. The van der Waals surface area contributed by atoms with E-state index in [1.165, 1.54) is 36.8 Å². The van der Waals surface area contributed by atoms with Gasteiger partial charge in [0, 0.05) is 50.7 Å². The van der Waals surface area contributed by atoms with E-state index in [2.05, 4.69) is 84.7 Å². The number of guanidine groups is 1. The third-order valence-corrected chi connectivity index (χ3v) is 7.07. The van der Waals surface area contributed by atoms with Crippen molar-refractivity contribution >= 4 is 5.96 Å². The number of fused-ring (bicyclic) bond motifs is 2. The molecular weight excluding hydrogens is 408 g/mol. The van der Waals surface area contributed by atoms with Crippen LogP contribution in [0.15, 0.2) is 78.0 Å². The Morgan fingerprint density at radius 3 is 2.21 bits per heavy atom. The number of rotatable bonds is 7. The number of benzene rings is 2. The Hall–Kier alpha value is -3.12. The molecule has 5 rings (SSSR count). The van der Waals surface area contributed by atoms with E-state index in [0.29, 0.717) is 24.7 Å². The Balaban J connectivity index is 1.14. The largest absolute Gasteiger partial charge is 0.354 e. The lowest BCUT2D eigenvalue weighted by atomic mass is 9.96. The maximum absolute atomic E-state index is 4.56. The summed E-state index contributed by atoms with van der Waals surface area (Å²) < 4.78 is 2.19. The fourth-order valence-electron chi connectivity index (χ4n) is 5.43. The first-order valence-corrected chi connectivity index (χ1v) is 12.1. The standard InChI is InChI=1S/C27H34N6/c1-28-27(30-18-26-29-14-15-32(26)19-21-8-4-2-5-9-21)31-23-16-24-12-13-25(17-23)33(24)20-22-10-6-3-7-11-22/h2-11,14-15,23-25H,12-13,16-20H2,1H3,(H2,28,30,31). The zero-order valence-electron chi connectivity index (χ0n) is 19.4. The second-order valence-corrected chi connectivity index (χ2v) is 9.24. The van der Waals surface area contributed by atoms with Crippen molar-refractivity contribution < 1.29 is 0 Å². The van der Waals surface area contributed by atoms with Crippen molar-refractivity contribution in [2.75, 3.05) is 7.05 Å². The molecule has 1 aromatic heterocycles. The van der Waals surface area contributed by atoms with Crippen molar-refractivity contribution in [3.8, 4) is 0 Å². The zero-order chi connectivity index (χ0) is 22.5. The van der Waals surface area contributed by atoms with Crippen LogP contribution >= 0.6 is 0 Å². The second-order valence-electron chi connectivity index (χ2n) is 9.24. The minimum absolute atomic E-state index is 0.463. The van der Waals surface area contributed by atoms with E-state index in [0.717, 1.165) is 24.9 Å². The molecule has 0 spiro atoms. The Labute approximate surface area is 196 Å². The van der Waals surface area contributed by atoms with Crippen LogP contribution in [0.4, 0.5) is 0 Å². The topological polar surface area (TPSA) is 57.5 Å². The lowest BCUT2D eigenvalue weighted by molar-refractivity contribution is 0.114. The predicted molar refractivity (Wildman–Crippen MR) is 133 cm³/mol. The van der Waals surface area contributed by atoms with E-state index in [4.69, 9.17) is 0 Å². The minimum Gasteiger partial charge on any atom is -0.354 e. The van der Waals surface area contributed by atoms with Gasteiger partial charge in [-0.1, -0.05) is 60.7 Å². The smallest absolute Gasteiger partial charge is 0.191 e. The van der Waals surface area contributed by atoms with Crippen LogP contribution in [0.3, 0.4) is 0 Å². The number of hydrogen-bond donors (Lipinski definition) is 2. The molecule has 2 N–H and O–H groups in total. The SMILES string of the molecule is CN=C(NCc1nccn1Cc1ccccc1)NC1CC2CCC(C1)N2Cc1ccccc1. The summed E-state index contributed by atoms with van der Waals surface area (Å²) >= 11 is 0. The van der Waals surface area contributed by atoms with Gasteiger partial charge in [0.25, 0.3) is 0 Å². The fourth-order valence-corrected chi connectivity index (χ4v) is 5.43. The van der Waals surface area contributed by atoms with Gasteiger partial charge in [-0.3, -0.25) is 9.89 Å². The summed E-state index contributed by atoms with van der Waals surface area (Å²) in [6, 6.07) is 23.2. The molecule has 2 aromatic carbocycles. The van der Waals surface area contributed by atoms with Gasteiger partial charge in [0.2, 0.25) is 0 Å². The monoisotopic (exact) mass is 442 g/mol. The van der Waals surface area contributed by atoms with E-state index >= 15 is 0 Å². The summed E-state index contributed by atoms with van der Waals surface area (Å²) in [7, 11) is 1.85. The highest BCUT2D eigenvalue weighted by Gasteiger charge is 2.40. The first kappa shape index (κ1) is 21.7. The first-order valence-electron chi connectivity index (χ1n) is 12.1. The minimum atomic E-state index is 0.463. The highest BCUT2D eigenvalue weighted by atomic mass is 15.3. The average Bonchev–Trinajstić information content (AvgIpc) is 3.38. The van der Waals surface area contributed by atoms with Crippen molar-refractivity contribution in [3.05, 3.63) is 90.0 Å². The molecule has 6 nitrogen and oxygen atoms in total. The average molecular weight is 443 g/mol. The van der Waals surface area contributed by atoms with E-state index in [-0.39, 0.29) is 0 Å². The van der Waals surface area contributed by atoms with Crippen molar-refractivity contribution in [2.24, 2.45) is 4.99 Å². The van der Waals surface area contributed by atoms with Crippen LogP contribution in [-0.2, 0) is 19.6 Å². The lowest BCUT2D eigenvalue weighted by Gasteiger charge is -2.39. The molecule has 0 aliphatic carbocycles. The van der Waals surface area contributed by atoms with Gasteiger partial charge in [0.15, 0.2) is 5.96 Å². The van der Waals surface area contributed by atoms with Crippen LogP contribution in [0.1, 0.15) is 42.6 Å². The molecule has 2 bridgehead atoms. The Bertz CT molecular complexity index is 1030. The third kappa shape index (κ3) is 5.28. The molecule has 2 fully saturated rings. The van der Waals surface area contributed by atoms with Crippen LogP contribution in [-0.4, -0.2) is 45.6 Å². The predicted octanol–water partition coefficient (Wildman–Crippen LogP) is 3.79. The second kappa shape index (κ2) is 10.2. The molecule has 2 aliphatic rings. The van der Waals surface area contributed by atoms with E-state index < -0.39 is 0 Å². The molecule has 2 atom stereocenters. The molecule has 0 saturated carbocycles. The quantitative estimate of drug-likeness (QED) is 0.432. The zero-order valence-corrected chi connectivity index (χ0v) is 19.4. The summed E-state index contributed by atoms with van der Waals surface area (Å²) in [5, 5.41) is 7.19. The van der Waals surface area contributed by atoms with E-state index in [1.807, 2.05) is 25.5 Å². The molecule has 0 amide bonds. The maximum atomic E-state index is 4.56. The summed E-state index contributed by atoms with van der Waals surface area (Å²) in [4.78, 5) is 11.8. The Kier molecular flexibility index (Phi) is 6.72. The van der Waals surface area contributed by atoms with Crippen LogP contribution in [0, 0.1) is 0 Å². The molecular formula is C27H34N6. The number of nitrogens with zero attached hydrogens (tertiary/aromatic N) is 4. The summed E-state index contributed by atoms with van der Waals surface area (Å²) in [6.45, 7) is 2.55. The number of hydrogen-bond acceptors (Lipinski definition) is 3. The van der Waals surface area contributed by atoms with Crippen LogP contribution in [0.5, 0.6) is 0 Å². The summed E-state index contributed by atoms with van der Waals surface area (Å²) in [6.07, 6.45) is 8.87. The van der Waals surface area contributed by atoms with E-state index in [9.17, 15) is 0 Å². The molecule has 2 unspecified atom stereocenters. The molecule has 0 radical (unpaired) electrons. The third-order valence-electron chi connectivity index (χ3n) is 7.07. The van der Waals surface area contributed by atoms with Gasteiger partial charge in [0.1, 0.15) is 5.82 Å². The molecule has 3 aromatic rings.